The van der Waals surface area contributed by atoms with Crippen molar-refractivity contribution in [1.29, 1.82) is 0 Å². The van der Waals surface area contributed by atoms with Gasteiger partial charge in [-0.15, -0.1) is 0 Å². The fourth-order valence-electron chi connectivity index (χ4n) is 3.44. The maximum absolute atomic E-state index is 12.3. The van der Waals surface area contributed by atoms with Crippen LogP contribution in [0.5, 0.6) is 0 Å². The molecule has 2 saturated carbocycles. The second kappa shape index (κ2) is 2.50. The fraction of sp³-hybridized carbons (Fsp3) is 0.769. The molecule has 0 heterocycles. The lowest BCUT2D eigenvalue weighted by atomic mass is 9.70. The van der Waals surface area contributed by atoms with Crippen molar-refractivity contribution in [2.24, 2.45) is 16.7 Å². The largest absolute Gasteiger partial charge is 0.294 e. The van der Waals surface area contributed by atoms with Crippen molar-refractivity contribution >= 4 is 5.78 Å². The van der Waals surface area contributed by atoms with Crippen molar-refractivity contribution in [3.8, 4) is 0 Å². The number of rotatable bonds is 0. The quantitative estimate of drug-likeness (QED) is 0.538. The van der Waals surface area contributed by atoms with E-state index in [4.69, 9.17) is 0 Å². The third kappa shape index (κ3) is 0.838. The van der Waals surface area contributed by atoms with Crippen molar-refractivity contribution in [2.75, 3.05) is 0 Å². The summed E-state index contributed by atoms with van der Waals surface area (Å²) in [5, 5.41) is 0. The fourth-order valence-corrected chi connectivity index (χ4v) is 3.44. The van der Waals surface area contributed by atoms with Crippen LogP contribution < -0.4 is 0 Å². The lowest BCUT2D eigenvalue weighted by Crippen LogP contribution is -2.32. The SMILES string of the molecule is CC(C)=C1C(=O)[C@]2(C)CC[C@H]1C2(C)C. The minimum absolute atomic E-state index is 0.0791. The monoisotopic (exact) mass is 192 g/mol. The van der Waals surface area contributed by atoms with Crippen molar-refractivity contribution in [3.63, 3.8) is 0 Å². The van der Waals surface area contributed by atoms with E-state index in [1.54, 1.807) is 0 Å². The minimum Gasteiger partial charge on any atom is -0.294 e. The van der Waals surface area contributed by atoms with Crippen LogP contribution in [-0.2, 0) is 4.79 Å². The van der Waals surface area contributed by atoms with E-state index < -0.39 is 0 Å². The molecule has 1 heteroatoms. The maximum Gasteiger partial charge on any atom is 0.165 e. The highest BCUT2D eigenvalue weighted by Gasteiger charge is 2.64. The summed E-state index contributed by atoms with van der Waals surface area (Å²) in [7, 11) is 0. The molecule has 0 unspecified atom stereocenters. The number of Topliss-reactive ketones (excluding diaryl/α,β-unsaturated/α-hetero) is 1. The van der Waals surface area contributed by atoms with Gasteiger partial charge in [0.15, 0.2) is 5.78 Å². The van der Waals surface area contributed by atoms with Gasteiger partial charge in [-0.05, 0) is 43.6 Å². The minimum atomic E-state index is -0.0791. The van der Waals surface area contributed by atoms with Crippen LogP contribution in [0.15, 0.2) is 11.1 Å². The van der Waals surface area contributed by atoms with E-state index in [0.29, 0.717) is 11.7 Å². The summed E-state index contributed by atoms with van der Waals surface area (Å²) in [4.78, 5) is 12.3. The molecule has 2 rings (SSSR count). The number of ketones is 1. The number of carbonyl (C=O) groups is 1. The Balaban J connectivity index is 2.61. The zero-order chi connectivity index (χ0) is 10.7. The molecule has 0 saturated heterocycles. The van der Waals surface area contributed by atoms with Gasteiger partial charge in [-0.25, -0.2) is 0 Å². The van der Waals surface area contributed by atoms with Gasteiger partial charge in [-0.1, -0.05) is 26.3 Å². The molecular weight excluding hydrogens is 172 g/mol. The molecule has 2 aliphatic rings. The highest BCUT2D eigenvalue weighted by atomic mass is 16.1. The van der Waals surface area contributed by atoms with Crippen LogP contribution in [-0.4, -0.2) is 5.78 Å². The van der Waals surface area contributed by atoms with E-state index in [2.05, 4.69) is 34.6 Å². The topological polar surface area (TPSA) is 17.1 Å². The summed E-state index contributed by atoms with van der Waals surface area (Å²) in [5.41, 5.74) is 2.47. The summed E-state index contributed by atoms with van der Waals surface area (Å²) in [5.74, 6) is 0.948. The van der Waals surface area contributed by atoms with Crippen LogP contribution in [0, 0.1) is 16.7 Å². The lowest BCUT2D eigenvalue weighted by molar-refractivity contribution is -0.125. The highest BCUT2D eigenvalue weighted by Crippen LogP contribution is 2.65. The Morgan fingerprint density at radius 1 is 1.29 bits per heavy atom. The van der Waals surface area contributed by atoms with Crippen LogP contribution in [0.4, 0.5) is 0 Å². The average molecular weight is 192 g/mol. The summed E-state index contributed by atoms with van der Waals surface area (Å²) in [6, 6.07) is 0. The number of hydrogen-bond donors (Lipinski definition) is 0. The molecule has 1 nitrogen and oxygen atoms in total. The molecule has 2 fully saturated rings. The molecule has 2 bridgehead atoms. The Hall–Kier alpha value is -0.590. The van der Waals surface area contributed by atoms with Crippen molar-refractivity contribution < 1.29 is 4.79 Å². The van der Waals surface area contributed by atoms with Gasteiger partial charge in [0.05, 0.1) is 0 Å². The van der Waals surface area contributed by atoms with Crippen molar-refractivity contribution in [1.82, 2.24) is 0 Å². The standard InChI is InChI=1S/C13H20O/c1-8(2)10-9-6-7-13(5,11(10)14)12(9,3)4/h9H,6-7H2,1-5H3/t9-,13+/m1/s1. The van der Waals surface area contributed by atoms with Crippen LogP contribution in [0.2, 0.25) is 0 Å². The Morgan fingerprint density at radius 2 is 1.86 bits per heavy atom. The predicted molar refractivity (Wildman–Crippen MR) is 58.0 cm³/mol. The number of allylic oxidation sites excluding steroid dienone is 2. The first-order valence-electron chi connectivity index (χ1n) is 5.54. The lowest BCUT2D eigenvalue weighted by Gasteiger charge is -2.31. The van der Waals surface area contributed by atoms with Gasteiger partial charge in [0.1, 0.15) is 0 Å². The Bertz CT molecular complexity index is 331. The number of carbonyl (C=O) groups excluding carboxylic acids is 1. The van der Waals surface area contributed by atoms with Crippen molar-refractivity contribution in [3.05, 3.63) is 11.1 Å². The van der Waals surface area contributed by atoms with Crippen LogP contribution in [0.25, 0.3) is 0 Å². The molecule has 0 aromatic heterocycles. The first-order chi connectivity index (χ1) is 6.32. The van der Waals surface area contributed by atoms with Crippen LogP contribution >= 0.6 is 0 Å². The van der Waals surface area contributed by atoms with E-state index in [1.165, 1.54) is 12.0 Å². The zero-order valence-electron chi connectivity index (χ0n) is 9.90. The molecular formula is C13H20O. The van der Waals surface area contributed by atoms with Gasteiger partial charge in [0, 0.05) is 5.41 Å². The Kier molecular flexibility index (Phi) is 1.78. The maximum atomic E-state index is 12.3. The molecule has 78 valence electrons. The molecule has 0 aromatic carbocycles. The number of hydrogen-bond acceptors (Lipinski definition) is 1. The molecule has 2 atom stereocenters. The van der Waals surface area contributed by atoms with Gasteiger partial charge in [0.25, 0.3) is 0 Å². The van der Waals surface area contributed by atoms with Gasteiger partial charge < -0.3 is 0 Å². The summed E-state index contributed by atoms with van der Waals surface area (Å²) in [6.45, 7) is 10.8. The Labute approximate surface area is 86.6 Å². The van der Waals surface area contributed by atoms with Crippen LogP contribution in [0.3, 0.4) is 0 Å². The van der Waals surface area contributed by atoms with E-state index in [-0.39, 0.29) is 10.8 Å². The third-order valence-corrected chi connectivity index (χ3v) is 4.86. The predicted octanol–water partition coefficient (Wildman–Crippen LogP) is 3.35. The smallest absolute Gasteiger partial charge is 0.165 e. The molecule has 0 radical (unpaired) electrons. The first-order valence-corrected chi connectivity index (χ1v) is 5.54. The van der Waals surface area contributed by atoms with Crippen molar-refractivity contribution in [2.45, 2.75) is 47.5 Å². The molecule has 2 aliphatic carbocycles. The molecule has 14 heavy (non-hydrogen) atoms. The summed E-state index contributed by atoms with van der Waals surface area (Å²) in [6.07, 6.45) is 2.29. The molecule has 0 N–H and O–H groups in total. The number of fused-ring (bicyclic) bond motifs is 2. The van der Waals surface area contributed by atoms with E-state index in [1.807, 2.05) is 0 Å². The highest BCUT2D eigenvalue weighted by molar-refractivity contribution is 6.05. The third-order valence-electron chi connectivity index (χ3n) is 4.86. The average Bonchev–Trinajstić information content (AvgIpc) is 2.35. The summed E-state index contributed by atoms with van der Waals surface area (Å²) < 4.78 is 0. The molecule has 0 aliphatic heterocycles. The second-order valence-electron chi connectivity index (χ2n) is 5.89. The van der Waals surface area contributed by atoms with Crippen LogP contribution in [0.1, 0.15) is 47.5 Å². The van der Waals surface area contributed by atoms with E-state index in [9.17, 15) is 4.79 Å². The van der Waals surface area contributed by atoms with Gasteiger partial charge >= 0.3 is 0 Å². The molecule has 0 spiro atoms. The zero-order valence-corrected chi connectivity index (χ0v) is 9.90. The van der Waals surface area contributed by atoms with E-state index in [0.717, 1.165) is 12.0 Å². The second-order valence-corrected chi connectivity index (χ2v) is 5.89. The van der Waals surface area contributed by atoms with Gasteiger partial charge in [0.2, 0.25) is 0 Å². The first kappa shape index (κ1) is 9.95. The van der Waals surface area contributed by atoms with Gasteiger partial charge in [-0.3, -0.25) is 4.79 Å². The normalized spacial score (nSPS) is 39.4. The summed E-state index contributed by atoms with van der Waals surface area (Å²) >= 11 is 0. The van der Waals surface area contributed by atoms with E-state index >= 15 is 0 Å². The molecule has 0 aromatic rings. The molecule has 0 amide bonds. The Morgan fingerprint density at radius 3 is 2.14 bits per heavy atom. The van der Waals surface area contributed by atoms with Gasteiger partial charge in [-0.2, -0.15) is 0 Å².